The second-order valence-electron chi connectivity index (χ2n) is 4.43. The Kier molecular flexibility index (Phi) is 3.97. The Morgan fingerprint density at radius 2 is 2.20 bits per heavy atom. The Morgan fingerprint density at radius 3 is 2.85 bits per heavy atom. The second-order valence-corrected chi connectivity index (χ2v) is 4.43. The molecule has 106 valence electrons. The molecule has 0 radical (unpaired) electrons. The molecule has 7 heteroatoms. The third-order valence-electron chi connectivity index (χ3n) is 2.73. The molecule has 0 aliphatic carbocycles. The highest BCUT2D eigenvalue weighted by atomic mass is 19.1. The van der Waals surface area contributed by atoms with Gasteiger partial charge in [0, 0.05) is 25.6 Å². The van der Waals surface area contributed by atoms with Crippen molar-refractivity contribution in [2.75, 3.05) is 12.3 Å². The maximum Gasteiger partial charge on any atom is 0.254 e. The first-order valence-electron chi connectivity index (χ1n) is 6.10. The maximum atomic E-state index is 13.8. The largest absolute Gasteiger partial charge is 0.399 e. The van der Waals surface area contributed by atoms with Crippen LogP contribution in [0.3, 0.4) is 0 Å². The SMILES string of the molecule is Cc1nc(CCNC(=O)c2cc(N)cc(C)c2F)no1. The smallest absolute Gasteiger partial charge is 0.254 e. The fraction of sp³-hybridized carbons (Fsp3) is 0.308. The van der Waals surface area contributed by atoms with E-state index in [1.165, 1.54) is 12.1 Å². The molecule has 0 atom stereocenters. The summed E-state index contributed by atoms with van der Waals surface area (Å²) < 4.78 is 18.6. The van der Waals surface area contributed by atoms with Crippen LogP contribution in [0, 0.1) is 19.7 Å². The van der Waals surface area contributed by atoms with Crippen LogP contribution in [0.2, 0.25) is 0 Å². The van der Waals surface area contributed by atoms with Crippen LogP contribution in [0.5, 0.6) is 0 Å². The molecule has 1 aromatic heterocycles. The predicted octanol–water partition coefficient (Wildman–Crippen LogP) is 1.38. The van der Waals surface area contributed by atoms with Gasteiger partial charge in [-0.2, -0.15) is 4.98 Å². The third kappa shape index (κ3) is 3.11. The molecule has 0 unspecified atom stereocenters. The van der Waals surface area contributed by atoms with Crippen molar-refractivity contribution in [3.8, 4) is 0 Å². The van der Waals surface area contributed by atoms with E-state index in [2.05, 4.69) is 15.5 Å². The number of nitrogens with one attached hydrogen (secondary N) is 1. The quantitative estimate of drug-likeness (QED) is 0.824. The minimum absolute atomic E-state index is 0.0632. The van der Waals surface area contributed by atoms with Gasteiger partial charge in [0.25, 0.3) is 5.91 Å². The predicted molar refractivity (Wildman–Crippen MR) is 70.6 cm³/mol. The lowest BCUT2D eigenvalue weighted by Crippen LogP contribution is -2.27. The number of nitrogens with zero attached hydrogens (tertiary/aromatic N) is 2. The number of rotatable bonds is 4. The lowest BCUT2D eigenvalue weighted by Gasteiger charge is -2.08. The highest BCUT2D eigenvalue weighted by Crippen LogP contribution is 2.16. The number of halogens is 1. The van der Waals surface area contributed by atoms with Crippen LogP contribution in [0.4, 0.5) is 10.1 Å². The van der Waals surface area contributed by atoms with Crippen molar-refractivity contribution in [2.24, 2.45) is 0 Å². The summed E-state index contributed by atoms with van der Waals surface area (Å²) in [6.07, 6.45) is 0.409. The number of carbonyl (C=O) groups is 1. The second kappa shape index (κ2) is 5.68. The molecule has 0 saturated carbocycles. The minimum Gasteiger partial charge on any atom is -0.399 e. The first-order chi connectivity index (χ1) is 9.47. The van der Waals surface area contributed by atoms with E-state index in [1.54, 1.807) is 13.8 Å². The first-order valence-corrected chi connectivity index (χ1v) is 6.10. The van der Waals surface area contributed by atoms with Gasteiger partial charge in [-0.1, -0.05) is 5.16 Å². The lowest BCUT2D eigenvalue weighted by atomic mass is 10.1. The zero-order valence-electron chi connectivity index (χ0n) is 11.2. The van der Waals surface area contributed by atoms with Crippen LogP contribution in [-0.2, 0) is 6.42 Å². The van der Waals surface area contributed by atoms with Gasteiger partial charge < -0.3 is 15.6 Å². The molecule has 0 aliphatic heterocycles. The van der Waals surface area contributed by atoms with Crippen molar-refractivity contribution in [3.05, 3.63) is 40.8 Å². The topological polar surface area (TPSA) is 94.0 Å². The molecule has 1 heterocycles. The van der Waals surface area contributed by atoms with Crippen LogP contribution in [-0.4, -0.2) is 22.6 Å². The zero-order chi connectivity index (χ0) is 14.7. The Labute approximate surface area is 115 Å². The maximum absolute atomic E-state index is 13.8. The summed E-state index contributed by atoms with van der Waals surface area (Å²) in [5.41, 5.74) is 6.23. The summed E-state index contributed by atoms with van der Waals surface area (Å²) in [7, 11) is 0. The van der Waals surface area contributed by atoms with E-state index in [-0.39, 0.29) is 12.1 Å². The Hall–Kier alpha value is -2.44. The van der Waals surface area contributed by atoms with Crippen LogP contribution in [0.15, 0.2) is 16.7 Å². The van der Waals surface area contributed by atoms with Gasteiger partial charge in [-0.05, 0) is 24.6 Å². The van der Waals surface area contributed by atoms with E-state index >= 15 is 0 Å². The molecule has 0 spiro atoms. The molecule has 0 fully saturated rings. The molecule has 0 aliphatic rings. The van der Waals surface area contributed by atoms with Crippen molar-refractivity contribution < 1.29 is 13.7 Å². The molecule has 2 aromatic rings. The molecule has 2 rings (SSSR count). The van der Waals surface area contributed by atoms with Gasteiger partial charge in [-0.15, -0.1) is 0 Å². The highest BCUT2D eigenvalue weighted by Gasteiger charge is 2.14. The average Bonchev–Trinajstić information content (AvgIpc) is 2.79. The number of anilines is 1. The summed E-state index contributed by atoms with van der Waals surface area (Å²) in [6, 6.07) is 2.80. The van der Waals surface area contributed by atoms with E-state index in [9.17, 15) is 9.18 Å². The van der Waals surface area contributed by atoms with Gasteiger partial charge in [0.2, 0.25) is 5.89 Å². The summed E-state index contributed by atoms with van der Waals surface area (Å²) in [6.45, 7) is 3.52. The van der Waals surface area contributed by atoms with E-state index in [4.69, 9.17) is 10.3 Å². The summed E-state index contributed by atoms with van der Waals surface area (Å²) in [5.74, 6) is -0.124. The molecule has 1 aromatic carbocycles. The normalized spacial score (nSPS) is 10.6. The van der Waals surface area contributed by atoms with Crippen molar-refractivity contribution in [3.63, 3.8) is 0 Å². The average molecular weight is 278 g/mol. The van der Waals surface area contributed by atoms with E-state index < -0.39 is 11.7 Å². The van der Waals surface area contributed by atoms with E-state index in [0.29, 0.717) is 29.4 Å². The Bertz CT molecular complexity index is 639. The fourth-order valence-electron chi connectivity index (χ4n) is 1.79. The molecule has 0 bridgehead atoms. The number of hydrogen-bond acceptors (Lipinski definition) is 5. The molecular formula is C13H15FN4O2. The van der Waals surface area contributed by atoms with Crippen LogP contribution < -0.4 is 11.1 Å². The van der Waals surface area contributed by atoms with Crippen molar-refractivity contribution >= 4 is 11.6 Å². The van der Waals surface area contributed by atoms with Gasteiger partial charge in [0.15, 0.2) is 5.82 Å². The van der Waals surface area contributed by atoms with Gasteiger partial charge in [-0.3, -0.25) is 4.79 Å². The van der Waals surface area contributed by atoms with Gasteiger partial charge in [0.1, 0.15) is 5.82 Å². The number of nitrogens with two attached hydrogens (primary N) is 1. The number of aromatic nitrogens is 2. The van der Waals surface area contributed by atoms with Crippen molar-refractivity contribution in [1.29, 1.82) is 0 Å². The molecule has 1 amide bonds. The molecular weight excluding hydrogens is 263 g/mol. The van der Waals surface area contributed by atoms with Crippen molar-refractivity contribution in [1.82, 2.24) is 15.5 Å². The molecule has 20 heavy (non-hydrogen) atoms. The number of benzene rings is 1. The molecule has 0 saturated heterocycles. The van der Waals surface area contributed by atoms with Gasteiger partial charge >= 0.3 is 0 Å². The summed E-state index contributed by atoms with van der Waals surface area (Å²) in [5, 5.41) is 6.30. The Morgan fingerprint density at radius 1 is 1.45 bits per heavy atom. The van der Waals surface area contributed by atoms with E-state index in [0.717, 1.165) is 0 Å². The van der Waals surface area contributed by atoms with Crippen LogP contribution >= 0.6 is 0 Å². The lowest BCUT2D eigenvalue weighted by molar-refractivity contribution is 0.0949. The Balaban J connectivity index is 1.98. The third-order valence-corrected chi connectivity index (χ3v) is 2.73. The van der Waals surface area contributed by atoms with E-state index in [1.807, 2.05) is 0 Å². The fourth-order valence-corrected chi connectivity index (χ4v) is 1.79. The van der Waals surface area contributed by atoms with Crippen LogP contribution in [0.25, 0.3) is 0 Å². The minimum atomic E-state index is -0.563. The van der Waals surface area contributed by atoms with Crippen molar-refractivity contribution in [2.45, 2.75) is 20.3 Å². The molecule has 3 N–H and O–H groups in total. The van der Waals surface area contributed by atoms with Gasteiger partial charge in [-0.25, -0.2) is 4.39 Å². The standard InChI is InChI=1S/C13H15FN4O2/c1-7-5-9(15)6-10(12(7)14)13(19)16-4-3-11-17-8(2)20-18-11/h5-6H,3-4,15H2,1-2H3,(H,16,19). The summed E-state index contributed by atoms with van der Waals surface area (Å²) in [4.78, 5) is 15.9. The molecule has 6 nitrogen and oxygen atoms in total. The highest BCUT2D eigenvalue weighted by molar-refractivity contribution is 5.95. The van der Waals surface area contributed by atoms with Gasteiger partial charge in [0.05, 0.1) is 5.56 Å². The number of aryl methyl sites for hydroxylation is 2. The first kappa shape index (κ1) is 14.0. The zero-order valence-corrected chi connectivity index (χ0v) is 11.2. The summed E-state index contributed by atoms with van der Waals surface area (Å²) >= 11 is 0. The number of carbonyl (C=O) groups excluding carboxylic acids is 1. The number of hydrogen-bond donors (Lipinski definition) is 2. The van der Waals surface area contributed by atoms with Crippen LogP contribution in [0.1, 0.15) is 27.6 Å². The monoisotopic (exact) mass is 278 g/mol. The number of amides is 1. The number of nitrogen functional groups attached to an aromatic ring is 1.